The summed E-state index contributed by atoms with van der Waals surface area (Å²) in [5.41, 5.74) is 6.20. The number of hydrogen-bond acceptors (Lipinski definition) is 3. The first-order valence-corrected chi connectivity index (χ1v) is 6.15. The van der Waals surface area contributed by atoms with Gasteiger partial charge < -0.3 is 15.8 Å². The monoisotopic (exact) mass is 328 g/mol. The van der Waals surface area contributed by atoms with Gasteiger partial charge in [-0.2, -0.15) is 0 Å². The van der Waals surface area contributed by atoms with Crippen LogP contribution < -0.4 is 15.8 Å². The maximum absolute atomic E-state index is 13.3. The van der Waals surface area contributed by atoms with Gasteiger partial charge in [0.1, 0.15) is 11.6 Å². The number of methoxy groups -OCH3 is 1. The van der Waals surface area contributed by atoms with Crippen molar-refractivity contribution < 1.29 is 13.5 Å². The fourth-order valence-corrected chi connectivity index (χ4v) is 1.99. The van der Waals surface area contributed by atoms with Crippen molar-refractivity contribution in [1.82, 2.24) is 0 Å². The quantitative estimate of drug-likeness (QED) is 0.835. The molecule has 0 amide bonds. The Morgan fingerprint density at radius 2 is 1.95 bits per heavy atom. The molecule has 0 saturated heterocycles. The van der Waals surface area contributed by atoms with Crippen molar-refractivity contribution in [3.8, 4) is 5.75 Å². The van der Waals surface area contributed by atoms with Gasteiger partial charge in [-0.15, -0.1) is 0 Å². The molecule has 0 aromatic heterocycles. The van der Waals surface area contributed by atoms with Gasteiger partial charge in [0.05, 0.1) is 23.0 Å². The SMILES string of the molecule is COc1cc(Nc2cc(F)cc(F)c2N)ccc1Br. The first kappa shape index (κ1) is 13.6. The van der Waals surface area contributed by atoms with E-state index in [0.717, 1.165) is 16.6 Å². The van der Waals surface area contributed by atoms with Gasteiger partial charge in [0.15, 0.2) is 5.82 Å². The molecular weight excluding hydrogens is 318 g/mol. The lowest BCUT2D eigenvalue weighted by Gasteiger charge is -2.12. The summed E-state index contributed by atoms with van der Waals surface area (Å²) in [4.78, 5) is 0. The van der Waals surface area contributed by atoms with Gasteiger partial charge in [-0.05, 0) is 34.1 Å². The van der Waals surface area contributed by atoms with Crippen LogP contribution in [0.4, 0.5) is 25.8 Å². The normalized spacial score (nSPS) is 10.3. The average molecular weight is 329 g/mol. The van der Waals surface area contributed by atoms with E-state index in [0.29, 0.717) is 11.4 Å². The molecule has 0 saturated carbocycles. The van der Waals surface area contributed by atoms with Crippen LogP contribution in [0.25, 0.3) is 0 Å². The van der Waals surface area contributed by atoms with E-state index in [-0.39, 0.29) is 11.4 Å². The highest BCUT2D eigenvalue weighted by Crippen LogP contribution is 2.31. The van der Waals surface area contributed by atoms with Crippen LogP contribution in [0.5, 0.6) is 5.75 Å². The number of ether oxygens (including phenoxy) is 1. The Morgan fingerprint density at radius 3 is 2.63 bits per heavy atom. The summed E-state index contributed by atoms with van der Waals surface area (Å²) < 4.78 is 32.4. The number of halogens is 3. The summed E-state index contributed by atoms with van der Waals surface area (Å²) in [6, 6.07) is 7.05. The second-order valence-corrected chi connectivity index (χ2v) is 4.68. The molecule has 2 aromatic rings. The van der Waals surface area contributed by atoms with Crippen molar-refractivity contribution in [3.63, 3.8) is 0 Å². The van der Waals surface area contributed by atoms with Gasteiger partial charge in [-0.3, -0.25) is 0 Å². The molecule has 0 aliphatic heterocycles. The highest BCUT2D eigenvalue weighted by molar-refractivity contribution is 9.10. The zero-order valence-electron chi connectivity index (χ0n) is 10.0. The topological polar surface area (TPSA) is 47.3 Å². The second kappa shape index (κ2) is 5.44. The number of nitrogens with one attached hydrogen (secondary N) is 1. The summed E-state index contributed by atoms with van der Waals surface area (Å²) in [5, 5.41) is 2.85. The van der Waals surface area contributed by atoms with Crippen molar-refractivity contribution in [1.29, 1.82) is 0 Å². The van der Waals surface area contributed by atoms with E-state index in [9.17, 15) is 8.78 Å². The first-order valence-electron chi connectivity index (χ1n) is 5.36. The van der Waals surface area contributed by atoms with Crippen LogP contribution in [0.2, 0.25) is 0 Å². The van der Waals surface area contributed by atoms with E-state index in [1.54, 1.807) is 18.2 Å². The van der Waals surface area contributed by atoms with Gasteiger partial charge in [-0.25, -0.2) is 8.78 Å². The fraction of sp³-hybridized carbons (Fsp3) is 0.0769. The van der Waals surface area contributed by atoms with E-state index in [4.69, 9.17) is 10.5 Å². The molecule has 0 atom stereocenters. The molecule has 0 unspecified atom stereocenters. The first-order chi connectivity index (χ1) is 9.01. The highest BCUT2D eigenvalue weighted by atomic mass is 79.9. The summed E-state index contributed by atoms with van der Waals surface area (Å²) in [5.74, 6) is -0.898. The summed E-state index contributed by atoms with van der Waals surface area (Å²) >= 11 is 3.32. The van der Waals surface area contributed by atoms with Gasteiger partial charge in [0, 0.05) is 17.8 Å². The number of nitrogen functional groups attached to an aromatic ring is 1. The summed E-state index contributed by atoms with van der Waals surface area (Å²) in [7, 11) is 1.53. The predicted molar refractivity (Wildman–Crippen MR) is 74.7 cm³/mol. The number of anilines is 3. The zero-order chi connectivity index (χ0) is 14.0. The molecule has 0 heterocycles. The van der Waals surface area contributed by atoms with Crippen molar-refractivity contribution in [3.05, 3.63) is 46.4 Å². The lowest BCUT2D eigenvalue weighted by atomic mass is 10.2. The predicted octanol–water partition coefficient (Wildman–Crippen LogP) is 4.06. The van der Waals surface area contributed by atoms with E-state index in [2.05, 4.69) is 21.2 Å². The van der Waals surface area contributed by atoms with Crippen LogP contribution in [-0.4, -0.2) is 7.11 Å². The number of benzene rings is 2. The van der Waals surface area contributed by atoms with Gasteiger partial charge in [-0.1, -0.05) is 0 Å². The molecular formula is C13H11BrF2N2O. The van der Waals surface area contributed by atoms with E-state index >= 15 is 0 Å². The van der Waals surface area contributed by atoms with Crippen LogP contribution in [0.1, 0.15) is 0 Å². The van der Waals surface area contributed by atoms with Crippen molar-refractivity contribution in [2.45, 2.75) is 0 Å². The Bertz CT molecular complexity index is 620. The minimum absolute atomic E-state index is 0.136. The van der Waals surface area contributed by atoms with Crippen LogP contribution in [0.3, 0.4) is 0 Å². The Kier molecular flexibility index (Phi) is 3.90. The van der Waals surface area contributed by atoms with Gasteiger partial charge in [0.25, 0.3) is 0 Å². The Balaban J connectivity index is 2.36. The van der Waals surface area contributed by atoms with Crippen LogP contribution in [0, 0.1) is 11.6 Å². The minimum Gasteiger partial charge on any atom is -0.495 e. The van der Waals surface area contributed by atoms with Crippen LogP contribution in [0.15, 0.2) is 34.8 Å². The maximum Gasteiger partial charge on any atom is 0.151 e. The summed E-state index contributed by atoms with van der Waals surface area (Å²) in [6.07, 6.45) is 0. The summed E-state index contributed by atoms with van der Waals surface area (Å²) in [6.45, 7) is 0. The van der Waals surface area contributed by atoms with E-state index in [1.165, 1.54) is 7.11 Å². The van der Waals surface area contributed by atoms with Crippen molar-refractivity contribution in [2.24, 2.45) is 0 Å². The fourth-order valence-electron chi connectivity index (χ4n) is 1.58. The van der Waals surface area contributed by atoms with Gasteiger partial charge >= 0.3 is 0 Å². The number of hydrogen-bond donors (Lipinski definition) is 2. The Labute approximate surface area is 117 Å². The van der Waals surface area contributed by atoms with E-state index < -0.39 is 11.6 Å². The largest absolute Gasteiger partial charge is 0.495 e. The zero-order valence-corrected chi connectivity index (χ0v) is 11.6. The second-order valence-electron chi connectivity index (χ2n) is 3.82. The van der Waals surface area contributed by atoms with Crippen LogP contribution >= 0.6 is 15.9 Å². The highest BCUT2D eigenvalue weighted by Gasteiger charge is 2.09. The van der Waals surface area contributed by atoms with Gasteiger partial charge in [0.2, 0.25) is 0 Å². The third-order valence-electron chi connectivity index (χ3n) is 2.52. The molecule has 2 rings (SSSR count). The third-order valence-corrected chi connectivity index (χ3v) is 3.18. The molecule has 0 bridgehead atoms. The molecule has 0 fully saturated rings. The number of rotatable bonds is 3. The van der Waals surface area contributed by atoms with Crippen molar-refractivity contribution >= 4 is 33.0 Å². The third kappa shape index (κ3) is 2.96. The molecule has 0 radical (unpaired) electrons. The minimum atomic E-state index is -0.799. The van der Waals surface area contributed by atoms with E-state index in [1.807, 2.05) is 0 Å². The smallest absolute Gasteiger partial charge is 0.151 e. The molecule has 2 aromatic carbocycles. The molecule has 0 aliphatic rings. The lowest BCUT2D eigenvalue weighted by molar-refractivity contribution is 0.412. The maximum atomic E-state index is 13.3. The Morgan fingerprint density at radius 1 is 1.21 bits per heavy atom. The molecule has 3 N–H and O–H groups in total. The standard InChI is InChI=1S/C13H11BrF2N2O/c1-19-12-6-8(2-3-9(12)14)18-11-5-7(15)4-10(16)13(11)17/h2-6,18H,17H2,1H3. The molecule has 0 aliphatic carbocycles. The van der Waals surface area contributed by atoms with Crippen molar-refractivity contribution in [2.75, 3.05) is 18.2 Å². The molecule has 3 nitrogen and oxygen atoms in total. The number of nitrogens with two attached hydrogens (primary N) is 1. The molecule has 0 spiro atoms. The Hall–Kier alpha value is -1.82. The average Bonchev–Trinajstić information content (AvgIpc) is 2.37. The molecule has 6 heteroatoms. The lowest BCUT2D eigenvalue weighted by Crippen LogP contribution is -2.00. The van der Waals surface area contributed by atoms with Crippen LogP contribution in [-0.2, 0) is 0 Å². The molecule has 100 valence electrons. The molecule has 19 heavy (non-hydrogen) atoms.